The van der Waals surface area contributed by atoms with Gasteiger partial charge in [0.25, 0.3) is 0 Å². The van der Waals surface area contributed by atoms with E-state index < -0.39 is 0 Å². The van der Waals surface area contributed by atoms with Gasteiger partial charge in [-0.3, -0.25) is 4.79 Å². The molecule has 0 aliphatic heterocycles. The van der Waals surface area contributed by atoms with E-state index in [1.54, 1.807) is 12.3 Å². The highest BCUT2D eigenvalue weighted by Gasteiger charge is 2.11. The Morgan fingerprint density at radius 1 is 1.11 bits per heavy atom. The van der Waals surface area contributed by atoms with Crippen molar-refractivity contribution in [1.29, 1.82) is 0 Å². The van der Waals surface area contributed by atoms with Crippen molar-refractivity contribution in [2.75, 3.05) is 0 Å². The van der Waals surface area contributed by atoms with Crippen molar-refractivity contribution in [3.8, 4) is 11.3 Å². The molecule has 0 saturated carbocycles. The standard InChI is InChI=1S/C15H12N2O2/c18-14-7-6-12(9-16-14)15-13(17-10-19-15)8-11-4-2-1-3-5-11/h1-7,9-10H,8H2,(H,16,18). The van der Waals surface area contributed by atoms with Gasteiger partial charge in [0, 0.05) is 24.2 Å². The first kappa shape index (κ1) is 11.5. The van der Waals surface area contributed by atoms with Crippen molar-refractivity contribution < 1.29 is 4.42 Å². The fourth-order valence-electron chi connectivity index (χ4n) is 1.97. The van der Waals surface area contributed by atoms with Crippen molar-refractivity contribution in [2.45, 2.75) is 6.42 Å². The number of hydrogen-bond acceptors (Lipinski definition) is 3. The summed E-state index contributed by atoms with van der Waals surface area (Å²) >= 11 is 0. The summed E-state index contributed by atoms with van der Waals surface area (Å²) in [7, 11) is 0. The molecular formula is C15H12N2O2. The van der Waals surface area contributed by atoms with Crippen LogP contribution in [0.1, 0.15) is 11.3 Å². The summed E-state index contributed by atoms with van der Waals surface area (Å²) in [5.74, 6) is 0.695. The van der Waals surface area contributed by atoms with E-state index in [4.69, 9.17) is 4.42 Å². The van der Waals surface area contributed by atoms with Gasteiger partial charge in [-0.25, -0.2) is 4.98 Å². The molecule has 1 N–H and O–H groups in total. The maximum Gasteiger partial charge on any atom is 0.247 e. The van der Waals surface area contributed by atoms with Gasteiger partial charge in [-0.1, -0.05) is 30.3 Å². The van der Waals surface area contributed by atoms with Crippen molar-refractivity contribution in [2.24, 2.45) is 0 Å². The maximum absolute atomic E-state index is 11.1. The van der Waals surface area contributed by atoms with Crippen LogP contribution in [-0.4, -0.2) is 9.97 Å². The van der Waals surface area contributed by atoms with Gasteiger partial charge in [0.2, 0.25) is 5.56 Å². The number of nitrogens with zero attached hydrogens (tertiary/aromatic N) is 1. The normalized spacial score (nSPS) is 10.5. The lowest BCUT2D eigenvalue weighted by molar-refractivity contribution is 0.571. The summed E-state index contributed by atoms with van der Waals surface area (Å²) in [6.07, 6.45) is 3.77. The molecule has 0 spiro atoms. The molecule has 94 valence electrons. The second kappa shape index (κ2) is 4.94. The van der Waals surface area contributed by atoms with Gasteiger partial charge in [-0.2, -0.15) is 0 Å². The minimum absolute atomic E-state index is 0.132. The topological polar surface area (TPSA) is 58.9 Å². The minimum atomic E-state index is -0.132. The molecule has 0 aliphatic carbocycles. The van der Waals surface area contributed by atoms with E-state index in [9.17, 15) is 4.79 Å². The van der Waals surface area contributed by atoms with E-state index in [2.05, 4.69) is 9.97 Å². The third kappa shape index (κ3) is 2.47. The molecule has 0 fully saturated rings. The van der Waals surface area contributed by atoms with Crippen LogP contribution < -0.4 is 5.56 Å². The summed E-state index contributed by atoms with van der Waals surface area (Å²) in [6, 6.07) is 13.3. The van der Waals surface area contributed by atoms with Crippen LogP contribution >= 0.6 is 0 Å². The van der Waals surface area contributed by atoms with Crippen LogP contribution in [0, 0.1) is 0 Å². The van der Waals surface area contributed by atoms with Gasteiger partial charge in [-0.15, -0.1) is 0 Å². The summed E-state index contributed by atoms with van der Waals surface area (Å²) in [4.78, 5) is 18.0. The molecule has 2 heterocycles. The van der Waals surface area contributed by atoms with Crippen LogP contribution in [0.4, 0.5) is 0 Å². The molecule has 2 aromatic heterocycles. The lowest BCUT2D eigenvalue weighted by Gasteiger charge is -2.01. The Kier molecular flexibility index (Phi) is 2.98. The quantitative estimate of drug-likeness (QED) is 0.779. The molecule has 0 amide bonds. The van der Waals surface area contributed by atoms with E-state index >= 15 is 0 Å². The first-order valence-electron chi connectivity index (χ1n) is 5.98. The van der Waals surface area contributed by atoms with Gasteiger partial charge >= 0.3 is 0 Å². The van der Waals surface area contributed by atoms with E-state index in [0.29, 0.717) is 12.2 Å². The predicted octanol–water partition coefficient (Wildman–Crippen LogP) is 2.62. The lowest BCUT2D eigenvalue weighted by Crippen LogP contribution is -2.01. The molecule has 3 rings (SSSR count). The van der Waals surface area contributed by atoms with Crippen LogP contribution in [0.5, 0.6) is 0 Å². The molecule has 4 nitrogen and oxygen atoms in total. The van der Waals surface area contributed by atoms with Crippen LogP contribution in [0.25, 0.3) is 11.3 Å². The van der Waals surface area contributed by atoms with Crippen LogP contribution in [0.2, 0.25) is 0 Å². The molecule has 19 heavy (non-hydrogen) atoms. The Morgan fingerprint density at radius 2 is 1.95 bits per heavy atom. The predicted molar refractivity (Wildman–Crippen MR) is 71.8 cm³/mol. The molecule has 4 heteroatoms. The number of benzene rings is 1. The monoisotopic (exact) mass is 252 g/mol. The van der Waals surface area contributed by atoms with Gasteiger partial charge in [0.05, 0.1) is 5.69 Å². The number of nitrogens with one attached hydrogen (secondary N) is 1. The molecule has 1 aromatic carbocycles. The highest BCUT2D eigenvalue weighted by Crippen LogP contribution is 2.23. The Balaban J connectivity index is 1.94. The Labute approximate surface area is 109 Å². The second-order valence-corrected chi connectivity index (χ2v) is 4.23. The highest BCUT2D eigenvalue weighted by atomic mass is 16.3. The number of rotatable bonds is 3. The summed E-state index contributed by atoms with van der Waals surface area (Å²) in [5, 5.41) is 0. The number of aromatic nitrogens is 2. The fraction of sp³-hybridized carbons (Fsp3) is 0.0667. The largest absolute Gasteiger partial charge is 0.443 e. The minimum Gasteiger partial charge on any atom is -0.443 e. The van der Waals surface area contributed by atoms with Crippen molar-refractivity contribution >= 4 is 0 Å². The zero-order valence-electron chi connectivity index (χ0n) is 10.2. The smallest absolute Gasteiger partial charge is 0.247 e. The average Bonchev–Trinajstić information content (AvgIpc) is 2.89. The van der Waals surface area contributed by atoms with E-state index in [1.807, 2.05) is 30.3 Å². The Bertz CT molecular complexity index is 709. The van der Waals surface area contributed by atoms with Gasteiger partial charge < -0.3 is 9.40 Å². The number of aromatic amines is 1. The number of oxazole rings is 1. The number of H-pyrrole nitrogens is 1. The number of pyridine rings is 1. The molecule has 0 saturated heterocycles. The van der Waals surface area contributed by atoms with E-state index in [-0.39, 0.29) is 5.56 Å². The second-order valence-electron chi connectivity index (χ2n) is 4.23. The molecule has 3 aromatic rings. The summed E-state index contributed by atoms with van der Waals surface area (Å²) in [5.41, 5.74) is 2.72. The van der Waals surface area contributed by atoms with Gasteiger partial charge in [-0.05, 0) is 11.6 Å². The van der Waals surface area contributed by atoms with Crippen LogP contribution in [0.15, 0.2) is 64.3 Å². The van der Waals surface area contributed by atoms with Gasteiger partial charge in [0.15, 0.2) is 12.2 Å². The molecule has 0 atom stereocenters. The lowest BCUT2D eigenvalue weighted by atomic mass is 10.1. The number of hydrogen-bond donors (Lipinski definition) is 1. The highest BCUT2D eigenvalue weighted by molar-refractivity contribution is 5.58. The maximum atomic E-state index is 11.1. The average molecular weight is 252 g/mol. The molecule has 0 unspecified atom stereocenters. The summed E-state index contributed by atoms with van der Waals surface area (Å²) in [6.45, 7) is 0. The van der Waals surface area contributed by atoms with Gasteiger partial charge in [0.1, 0.15) is 0 Å². The van der Waals surface area contributed by atoms with Crippen molar-refractivity contribution in [3.63, 3.8) is 0 Å². The Hall–Kier alpha value is -2.62. The third-order valence-electron chi connectivity index (χ3n) is 2.90. The molecular weight excluding hydrogens is 240 g/mol. The van der Waals surface area contributed by atoms with Crippen molar-refractivity contribution in [3.05, 3.63) is 76.7 Å². The van der Waals surface area contributed by atoms with E-state index in [1.165, 1.54) is 18.0 Å². The third-order valence-corrected chi connectivity index (χ3v) is 2.90. The molecule has 0 bridgehead atoms. The molecule has 0 radical (unpaired) electrons. The van der Waals surface area contributed by atoms with Crippen LogP contribution in [-0.2, 0) is 6.42 Å². The zero-order valence-corrected chi connectivity index (χ0v) is 10.2. The molecule has 0 aliphatic rings. The SMILES string of the molecule is O=c1ccc(-c2ocnc2Cc2ccccc2)c[nH]1. The van der Waals surface area contributed by atoms with Crippen LogP contribution in [0.3, 0.4) is 0 Å². The van der Waals surface area contributed by atoms with E-state index in [0.717, 1.165) is 11.3 Å². The first-order chi connectivity index (χ1) is 9.33. The zero-order chi connectivity index (χ0) is 13.1. The summed E-state index contributed by atoms with van der Waals surface area (Å²) < 4.78 is 5.43. The fourth-order valence-corrected chi connectivity index (χ4v) is 1.97. The van der Waals surface area contributed by atoms with Crippen molar-refractivity contribution in [1.82, 2.24) is 9.97 Å². The Morgan fingerprint density at radius 3 is 2.68 bits per heavy atom. The first-order valence-corrected chi connectivity index (χ1v) is 5.98.